The number of fused-ring (bicyclic) bond motifs is 1. The van der Waals surface area contributed by atoms with E-state index in [0.29, 0.717) is 28.6 Å². The average Bonchev–Trinajstić information content (AvgIpc) is 2.94. The van der Waals surface area contributed by atoms with Crippen LogP contribution < -0.4 is 5.14 Å². The number of primary sulfonamides is 1. The zero-order valence-electron chi connectivity index (χ0n) is 14.6. The predicted octanol–water partition coefficient (Wildman–Crippen LogP) is 4.25. The molecule has 4 nitrogen and oxygen atoms in total. The van der Waals surface area contributed by atoms with Crippen molar-refractivity contribution in [1.82, 2.24) is 4.98 Å². The van der Waals surface area contributed by atoms with Crippen LogP contribution in [-0.4, -0.2) is 18.7 Å². The summed E-state index contributed by atoms with van der Waals surface area (Å²) < 4.78 is 64.6. The molecule has 144 valence electrons. The molecule has 0 radical (unpaired) electrons. The number of sulfonamides is 1. The van der Waals surface area contributed by atoms with Crippen LogP contribution in [0.4, 0.5) is 13.2 Å². The molecule has 8 heteroatoms. The lowest BCUT2D eigenvalue weighted by Crippen LogP contribution is -2.28. The molecule has 0 aliphatic heterocycles. The first-order chi connectivity index (χ1) is 12.7. The van der Waals surface area contributed by atoms with Crippen LogP contribution >= 0.6 is 0 Å². The number of H-pyrrole nitrogens is 1. The summed E-state index contributed by atoms with van der Waals surface area (Å²) in [7, 11) is -3.73. The second kappa shape index (κ2) is 7.36. The number of nitrogens with two attached hydrogens (primary N) is 1. The largest absolute Gasteiger partial charge is 0.352 e. The second-order valence-corrected chi connectivity index (χ2v) is 8.30. The summed E-state index contributed by atoms with van der Waals surface area (Å²) in [6.07, 6.45) is 0.773. The highest BCUT2D eigenvalue weighted by Crippen LogP contribution is 2.34. The Kier molecular flexibility index (Phi) is 5.30. The van der Waals surface area contributed by atoms with E-state index >= 15 is 0 Å². The van der Waals surface area contributed by atoms with E-state index in [9.17, 15) is 21.6 Å². The molecule has 3 rings (SSSR count). The summed E-state index contributed by atoms with van der Waals surface area (Å²) in [4.78, 5) is 2.93. The Labute approximate surface area is 155 Å². The van der Waals surface area contributed by atoms with Crippen LogP contribution in [0.1, 0.15) is 25.3 Å². The Hall–Kier alpha value is -2.32. The molecule has 0 saturated carbocycles. The lowest BCUT2D eigenvalue weighted by Gasteiger charge is -2.13. The molecule has 1 aromatic heterocycles. The number of hydrogen-bond donors (Lipinski definition) is 2. The quantitative estimate of drug-likeness (QED) is 0.653. The number of hydrogen-bond acceptors (Lipinski definition) is 2. The third-order valence-corrected chi connectivity index (χ3v) is 6.20. The monoisotopic (exact) mass is 396 g/mol. The minimum absolute atomic E-state index is 0.120. The van der Waals surface area contributed by atoms with Crippen molar-refractivity contribution in [2.75, 3.05) is 0 Å². The van der Waals surface area contributed by atoms with Crippen molar-refractivity contribution in [3.8, 4) is 11.3 Å². The molecule has 2 aromatic carbocycles. The Morgan fingerprint density at radius 2 is 1.74 bits per heavy atom. The van der Waals surface area contributed by atoms with Crippen molar-refractivity contribution in [1.29, 1.82) is 0 Å². The molecular weight excluding hydrogens is 377 g/mol. The Morgan fingerprint density at radius 3 is 2.33 bits per heavy atom. The smallest absolute Gasteiger partial charge is 0.211 e. The fraction of sp³-hybridized carbons (Fsp3) is 0.263. The second-order valence-electron chi connectivity index (χ2n) is 6.45. The first kappa shape index (κ1) is 19.4. The van der Waals surface area contributed by atoms with E-state index < -0.39 is 32.7 Å². The number of aromatic amines is 1. The Balaban J connectivity index is 2.13. The molecule has 0 spiro atoms. The maximum absolute atomic E-state index is 14.2. The first-order valence-electron chi connectivity index (χ1n) is 8.47. The number of benzene rings is 2. The van der Waals surface area contributed by atoms with E-state index in [1.165, 1.54) is 30.3 Å². The van der Waals surface area contributed by atoms with E-state index in [1.807, 2.05) is 0 Å². The van der Waals surface area contributed by atoms with Crippen molar-refractivity contribution in [2.24, 2.45) is 5.14 Å². The third kappa shape index (κ3) is 4.01. The fourth-order valence-corrected chi connectivity index (χ4v) is 4.21. The van der Waals surface area contributed by atoms with Crippen LogP contribution in [0, 0.1) is 17.5 Å². The SMILES string of the molecule is CCC(CCc1c(-c2ccc(F)cc2)[nH]c2c(F)cc(F)cc12)S(N)(=O)=O. The molecule has 1 heterocycles. The van der Waals surface area contributed by atoms with E-state index in [4.69, 9.17) is 5.14 Å². The van der Waals surface area contributed by atoms with Gasteiger partial charge in [0.15, 0.2) is 0 Å². The normalized spacial score (nSPS) is 13.2. The molecule has 0 aliphatic carbocycles. The van der Waals surface area contributed by atoms with Gasteiger partial charge >= 0.3 is 0 Å². The topological polar surface area (TPSA) is 76.0 Å². The summed E-state index contributed by atoms with van der Waals surface area (Å²) in [6.45, 7) is 1.71. The van der Waals surface area contributed by atoms with Crippen molar-refractivity contribution < 1.29 is 21.6 Å². The number of rotatable bonds is 6. The lowest BCUT2D eigenvalue weighted by atomic mass is 9.99. The summed E-state index contributed by atoms with van der Waals surface area (Å²) in [5.41, 5.74) is 1.77. The van der Waals surface area contributed by atoms with Gasteiger partial charge in [0.2, 0.25) is 10.0 Å². The van der Waals surface area contributed by atoms with Gasteiger partial charge in [-0.2, -0.15) is 0 Å². The summed E-state index contributed by atoms with van der Waals surface area (Å²) in [5.74, 6) is -1.91. The van der Waals surface area contributed by atoms with E-state index in [1.54, 1.807) is 6.92 Å². The maximum atomic E-state index is 14.2. The lowest BCUT2D eigenvalue weighted by molar-refractivity contribution is 0.567. The first-order valence-corrected chi connectivity index (χ1v) is 10.1. The Bertz CT molecular complexity index is 1080. The van der Waals surface area contributed by atoms with Crippen LogP contribution in [0.2, 0.25) is 0 Å². The van der Waals surface area contributed by atoms with Gasteiger partial charge in [-0.1, -0.05) is 6.92 Å². The van der Waals surface area contributed by atoms with Gasteiger partial charge in [0.05, 0.1) is 10.8 Å². The molecule has 27 heavy (non-hydrogen) atoms. The van der Waals surface area contributed by atoms with Gasteiger partial charge in [0, 0.05) is 17.1 Å². The number of halogens is 3. The standard InChI is InChI=1S/C19H19F3N2O2S/c1-2-14(27(23,25)26)7-8-15-16-9-13(21)10-17(22)19(16)24-18(15)11-3-5-12(20)6-4-11/h3-6,9-10,14,24H,2,7-8H2,1H3,(H2,23,25,26). The number of aryl methyl sites for hydroxylation is 1. The van der Waals surface area contributed by atoms with Gasteiger partial charge in [0.25, 0.3) is 0 Å². The van der Waals surface area contributed by atoms with Crippen LogP contribution in [0.25, 0.3) is 22.2 Å². The van der Waals surface area contributed by atoms with Crippen LogP contribution in [-0.2, 0) is 16.4 Å². The minimum Gasteiger partial charge on any atom is -0.352 e. The summed E-state index contributed by atoms with van der Waals surface area (Å²) in [6, 6.07) is 7.55. The van der Waals surface area contributed by atoms with Crippen LogP contribution in [0.5, 0.6) is 0 Å². The highest BCUT2D eigenvalue weighted by molar-refractivity contribution is 7.89. The van der Waals surface area contributed by atoms with Gasteiger partial charge in [0.1, 0.15) is 17.5 Å². The predicted molar refractivity (Wildman–Crippen MR) is 99.1 cm³/mol. The summed E-state index contributed by atoms with van der Waals surface area (Å²) >= 11 is 0. The molecule has 3 aromatic rings. The van der Waals surface area contributed by atoms with Gasteiger partial charge in [-0.25, -0.2) is 26.7 Å². The minimum atomic E-state index is -3.73. The summed E-state index contributed by atoms with van der Waals surface area (Å²) in [5, 5.41) is 4.83. The average molecular weight is 396 g/mol. The number of nitrogens with one attached hydrogen (secondary N) is 1. The zero-order chi connectivity index (χ0) is 19.8. The Morgan fingerprint density at radius 1 is 1.07 bits per heavy atom. The van der Waals surface area contributed by atoms with Gasteiger partial charge in [-0.15, -0.1) is 0 Å². The van der Waals surface area contributed by atoms with Crippen LogP contribution in [0.15, 0.2) is 36.4 Å². The molecule has 1 unspecified atom stereocenters. The molecule has 3 N–H and O–H groups in total. The van der Waals surface area contributed by atoms with E-state index in [-0.39, 0.29) is 18.4 Å². The van der Waals surface area contributed by atoms with Gasteiger partial charge in [-0.05, 0) is 60.7 Å². The number of aromatic nitrogens is 1. The van der Waals surface area contributed by atoms with Crippen molar-refractivity contribution in [3.63, 3.8) is 0 Å². The maximum Gasteiger partial charge on any atom is 0.211 e. The van der Waals surface area contributed by atoms with Crippen molar-refractivity contribution in [2.45, 2.75) is 31.4 Å². The molecule has 0 amide bonds. The zero-order valence-corrected chi connectivity index (χ0v) is 15.4. The van der Waals surface area contributed by atoms with Crippen molar-refractivity contribution >= 4 is 20.9 Å². The fourth-order valence-electron chi connectivity index (χ4n) is 3.30. The molecular formula is C19H19F3N2O2S. The molecule has 0 bridgehead atoms. The molecule has 0 aliphatic rings. The van der Waals surface area contributed by atoms with Gasteiger partial charge < -0.3 is 4.98 Å². The molecule has 1 atom stereocenters. The van der Waals surface area contributed by atoms with Crippen LogP contribution in [0.3, 0.4) is 0 Å². The third-order valence-electron chi connectivity index (χ3n) is 4.70. The molecule has 0 saturated heterocycles. The van der Waals surface area contributed by atoms with Gasteiger partial charge in [-0.3, -0.25) is 0 Å². The van der Waals surface area contributed by atoms with Crippen molar-refractivity contribution in [3.05, 3.63) is 59.4 Å². The van der Waals surface area contributed by atoms with E-state index in [0.717, 1.165) is 6.07 Å². The highest BCUT2D eigenvalue weighted by atomic mass is 32.2. The molecule has 0 fully saturated rings. The highest BCUT2D eigenvalue weighted by Gasteiger charge is 2.22. The van der Waals surface area contributed by atoms with E-state index in [2.05, 4.69) is 4.98 Å².